The molecule has 0 saturated heterocycles. The zero-order chi connectivity index (χ0) is 24.9. The van der Waals surface area contributed by atoms with Crippen LogP contribution in [0.3, 0.4) is 0 Å². The fourth-order valence-electron chi connectivity index (χ4n) is 3.91. The van der Waals surface area contributed by atoms with E-state index in [2.05, 4.69) is 26.3 Å². The Morgan fingerprint density at radius 1 is 0.944 bits per heavy atom. The molecule has 0 saturated carbocycles. The van der Waals surface area contributed by atoms with Crippen molar-refractivity contribution in [3.63, 3.8) is 0 Å². The second-order valence-electron chi connectivity index (χ2n) is 7.86. The highest BCUT2D eigenvalue weighted by molar-refractivity contribution is 7.98. The van der Waals surface area contributed by atoms with E-state index >= 15 is 0 Å². The lowest BCUT2D eigenvalue weighted by Crippen LogP contribution is -2.04. The van der Waals surface area contributed by atoms with Gasteiger partial charge in [0, 0.05) is 29.4 Å². The van der Waals surface area contributed by atoms with Crippen molar-refractivity contribution in [2.75, 3.05) is 6.61 Å². The number of aromatic nitrogens is 6. The lowest BCUT2D eigenvalue weighted by Gasteiger charge is -2.12. The van der Waals surface area contributed by atoms with Crippen molar-refractivity contribution in [2.24, 2.45) is 0 Å². The maximum Gasteiger partial charge on any atom is 0.196 e. The van der Waals surface area contributed by atoms with Crippen LogP contribution in [0, 0.1) is 18.3 Å². The standard InChI is InChI=1S/C27H23N7OS/c1-3-35-23-11-9-21(10-12-23)33-26(20-13-15-29-16-14-20)30-31-27(33)36-18-25-24(17-28)19(2)32-34(25)22-7-5-4-6-8-22/h4-16H,3,18H2,1-2H3. The molecule has 0 fully saturated rings. The SMILES string of the molecule is CCOc1ccc(-n2c(SCc3c(C#N)c(C)nn3-c3ccccc3)nnc2-c2ccncc2)cc1. The molecule has 0 bridgehead atoms. The van der Waals surface area contributed by atoms with Crippen LogP contribution in [-0.2, 0) is 5.75 Å². The van der Waals surface area contributed by atoms with Gasteiger partial charge in [-0.05, 0) is 62.4 Å². The molecule has 2 aromatic carbocycles. The molecule has 0 atom stereocenters. The van der Waals surface area contributed by atoms with Crippen molar-refractivity contribution in [1.82, 2.24) is 29.5 Å². The van der Waals surface area contributed by atoms with Crippen molar-refractivity contribution in [3.8, 4) is 34.6 Å². The number of hydrogen-bond acceptors (Lipinski definition) is 7. The first-order chi connectivity index (χ1) is 17.7. The number of benzene rings is 2. The molecule has 178 valence electrons. The molecule has 3 aromatic heterocycles. The molecule has 0 spiro atoms. The van der Waals surface area contributed by atoms with Gasteiger partial charge in [-0.25, -0.2) is 4.68 Å². The molecule has 3 heterocycles. The summed E-state index contributed by atoms with van der Waals surface area (Å²) in [4.78, 5) is 4.13. The Bertz CT molecular complexity index is 1500. The van der Waals surface area contributed by atoms with Gasteiger partial charge in [-0.3, -0.25) is 9.55 Å². The van der Waals surface area contributed by atoms with Gasteiger partial charge in [0.05, 0.1) is 29.2 Å². The number of aryl methyl sites for hydroxylation is 1. The molecule has 0 unspecified atom stereocenters. The quantitative estimate of drug-likeness (QED) is 0.268. The molecule has 9 heteroatoms. The van der Waals surface area contributed by atoms with Crippen molar-refractivity contribution in [2.45, 2.75) is 24.8 Å². The number of pyridine rings is 1. The summed E-state index contributed by atoms with van der Waals surface area (Å²) in [5.41, 5.74) is 4.81. The molecule has 0 radical (unpaired) electrons. The third-order valence-corrected chi connectivity index (χ3v) is 6.52. The Morgan fingerprint density at radius 2 is 1.69 bits per heavy atom. The monoisotopic (exact) mass is 493 g/mol. The highest BCUT2D eigenvalue weighted by atomic mass is 32.2. The molecule has 0 aliphatic heterocycles. The summed E-state index contributed by atoms with van der Waals surface area (Å²) >= 11 is 1.51. The fraction of sp³-hybridized carbons (Fsp3) is 0.148. The van der Waals surface area contributed by atoms with E-state index in [1.807, 2.05) is 89.8 Å². The molecule has 5 rings (SSSR count). The van der Waals surface area contributed by atoms with E-state index in [9.17, 15) is 5.26 Å². The Labute approximate surface area is 213 Å². The Hall–Kier alpha value is -4.42. The number of rotatable bonds is 8. The van der Waals surface area contributed by atoms with Gasteiger partial charge >= 0.3 is 0 Å². The van der Waals surface area contributed by atoms with E-state index in [4.69, 9.17) is 4.74 Å². The minimum atomic E-state index is 0.490. The van der Waals surface area contributed by atoms with E-state index in [1.165, 1.54) is 11.8 Å². The van der Waals surface area contributed by atoms with Crippen LogP contribution in [0.2, 0.25) is 0 Å². The van der Waals surface area contributed by atoms with E-state index in [0.717, 1.165) is 28.4 Å². The third-order valence-electron chi connectivity index (χ3n) is 5.58. The van der Waals surface area contributed by atoms with Gasteiger partial charge in [0.25, 0.3) is 0 Å². The maximum atomic E-state index is 9.85. The zero-order valence-electron chi connectivity index (χ0n) is 19.9. The van der Waals surface area contributed by atoms with Crippen LogP contribution < -0.4 is 4.74 Å². The first kappa shape index (κ1) is 23.3. The molecule has 36 heavy (non-hydrogen) atoms. The Morgan fingerprint density at radius 3 is 2.39 bits per heavy atom. The highest BCUT2D eigenvalue weighted by Crippen LogP contribution is 2.32. The lowest BCUT2D eigenvalue weighted by molar-refractivity contribution is 0.340. The summed E-state index contributed by atoms with van der Waals surface area (Å²) in [7, 11) is 0. The van der Waals surface area contributed by atoms with E-state index in [0.29, 0.717) is 34.6 Å². The molecule has 0 aliphatic carbocycles. The van der Waals surface area contributed by atoms with E-state index in [-0.39, 0.29) is 0 Å². The Kier molecular flexibility index (Phi) is 6.78. The molecule has 0 aliphatic rings. The van der Waals surface area contributed by atoms with Gasteiger partial charge in [-0.1, -0.05) is 30.0 Å². The highest BCUT2D eigenvalue weighted by Gasteiger charge is 2.20. The minimum absolute atomic E-state index is 0.490. The van der Waals surface area contributed by atoms with Crippen LogP contribution in [0.5, 0.6) is 5.75 Å². The largest absolute Gasteiger partial charge is 0.494 e. The minimum Gasteiger partial charge on any atom is -0.494 e. The van der Waals surface area contributed by atoms with Gasteiger partial charge in [0.15, 0.2) is 11.0 Å². The van der Waals surface area contributed by atoms with Crippen molar-refractivity contribution < 1.29 is 4.74 Å². The smallest absolute Gasteiger partial charge is 0.196 e. The van der Waals surface area contributed by atoms with Crippen molar-refractivity contribution in [1.29, 1.82) is 5.26 Å². The first-order valence-corrected chi connectivity index (χ1v) is 12.4. The lowest BCUT2D eigenvalue weighted by atomic mass is 10.2. The van der Waals surface area contributed by atoms with Crippen LogP contribution in [0.4, 0.5) is 0 Å². The topological polar surface area (TPSA) is 94.4 Å². The van der Waals surface area contributed by atoms with Gasteiger partial charge in [0.2, 0.25) is 0 Å². The number of nitriles is 1. The normalized spacial score (nSPS) is 10.8. The molecular formula is C27H23N7OS. The van der Waals surface area contributed by atoms with E-state index in [1.54, 1.807) is 12.4 Å². The summed E-state index contributed by atoms with van der Waals surface area (Å²) in [6.45, 7) is 4.42. The second kappa shape index (κ2) is 10.5. The van der Waals surface area contributed by atoms with Crippen LogP contribution in [-0.4, -0.2) is 36.1 Å². The number of nitrogens with zero attached hydrogens (tertiary/aromatic N) is 7. The molecule has 0 amide bonds. The van der Waals surface area contributed by atoms with Crippen LogP contribution >= 0.6 is 11.8 Å². The number of thioether (sulfide) groups is 1. The fourth-order valence-corrected chi connectivity index (χ4v) is 4.86. The van der Waals surface area contributed by atoms with Crippen molar-refractivity contribution in [3.05, 3.63) is 96.1 Å². The van der Waals surface area contributed by atoms with Crippen LogP contribution in [0.1, 0.15) is 23.9 Å². The summed E-state index contributed by atoms with van der Waals surface area (Å²) in [5.74, 6) is 2.00. The molecule has 0 N–H and O–H groups in total. The van der Waals surface area contributed by atoms with Gasteiger partial charge in [-0.15, -0.1) is 10.2 Å². The zero-order valence-corrected chi connectivity index (χ0v) is 20.7. The molecule has 5 aromatic rings. The van der Waals surface area contributed by atoms with E-state index < -0.39 is 0 Å². The predicted octanol–water partition coefficient (Wildman–Crippen LogP) is 5.39. The third kappa shape index (κ3) is 4.59. The van der Waals surface area contributed by atoms with Crippen LogP contribution in [0.15, 0.2) is 84.3 Å². The average molecular weight is 494 g/mol. The summed E-state index contributed by atoms with van der Waals surface area (Å²) in [6, 6.07) is 23.8. The molecule has 8 nitrogen and oxygen atoms in total. The summed E-state index contributed by atoms with van der Waals surface area (Å²) in [5, 5.41) is 24.2. The van der Waals surface area contributed by atoms with Gasteiger partial charge < -0.3 is 4.74 Å². The van der Waals surface area contributed by atoms with Crippen LogP contribution in [0.25, 0.3) is 22.8 Å². The summed E-state index contributed by atoms with van der Waals surface area (Å²) < 4.78 is 9.46. The van der Waals surface area contributed by atoms with Crippen molar-refractivity contribution >= 4 is 11.8 Å². The maximum absolute atomic E-state index is 9.85. The van der Waals surface area contributed by atoms with Gasteiger partial charge in [-0.2, -0.15) is 10.4 Å². The number of para-hydroxylation sites is 1. The second-order valence-corrected chi connectivity index (χ2v) is 8.80. The Balaban J connectivity index is 1.55. The number of hydrogen-bond donors (Lipinski definition) is 0. The average Bonchev–Trinajstić information content (AvgIpc) is 3.49. The predicted molar refractivity (Wildman–Crippen MR) is 138 cm³/mol. The number of ether oxygens (including phenoxy) is 1. The molecular weight excluding hydrogens is 470 g/mol. The first-order valence-electron chi connectivity index (χ1n) is 11.5. The summed E-state index contributed by atoms with van der Waals surface area (Å²) in [6.07, 6.45) is 3.47. The van der Waals surface area contributed by atoms with Gasteiger partial charge in [0.1, 0.15) is 11.8 Å².